The number of aromatic nitrogens is 1. The Bertz CT molecular complexity index is 1020. The van der Waals surface area contributed by atoms with Gasteiger partial charge in [-0.05, 0) is 37.1 Å². The molecule has 5 N–H and O–H groups in total. The zero-order valence-corrected chi connectivity index (χ0v) is 14.0. The van der Waals surface area contributed by atoms with Crippen LogP contribution in [0.25, 0.3) is 10.2 Å². The van der Waals surface area contributed by atoms with Gasteiger partial charge in [-0.3, -0.25) is 4.79 Å². The number of rotatable bonds is 2. The Kier molecular flexibility index (Phi) is 3.83. The largest absolute Gasteiger partial charge is 0.397 e. The summed E-state index contributed by atoms with van der Waals surface area (Å²) in [6.07, 6.45) is 0. The summed E-state index contributed by atoms with van der Waals surface area (Å²) in [7, 11) is 0. The van der Waals surface area contributed by atoms with Gasteiger partial charge in [-0.2, -0.15) is 5.26 Å². The number of nitrogens with two attached hydrogens (primary N) is 2. The van der Waals surface area contributed by atoms with Crippen LogP contribution in [0.2, 0.25) is 0 Å². The Labute approximate surface area is 142 Å². The second-order valence-electron chi connectivity index (χ2n) is 5.43. The van der Waals surface area contributed by atoms with E-state index in [4.69, 9.17) is 16.7 Å². The predicted octanol–water partition coefficient (Wildman–Crippen LogP) is 3.20. The van der Waals surface area contributed by atoms with Gasteiger partial charge in [0.2, 0.25) is 0 Å². The molecule has 2 heterocycles. The molecule has 0 fully saturated rings. The van der Waals surface area contributed by atoms with Gasteiger partial charge in [0, 0.05) is 11.1 Å². The first-order chi connectivity index (χ1) is 11.4. The van der Waals surface area contributed by atoms with Gasteiger partial charge in [0.25, 0.3) is 5.91 Å². The summed E-state index contributed by atoms with van der Waals surface area (Å²) in [6.45, 7) is 3.93. The van der Waals surface area contributed by atoms with Crippen LogP contribution < -0.4 is 16.8 Å². The number of anilines is 3. The van der Waals surface area contributed by atoms with E-state index in [2.05, 4.69) is 10.3 Å². The SMILES string of the molecule is Cc1cccc(NC(=O)c2sc3nc(N)c(C#N)cc3c2N)c1C. The number of nitrogens with one attached hydrogen (secondary N) is 1. The van der Waals surface area contributed by atoms with Crippen molar-refractivity contribution in [3.8, 4) is 6.07 Å². The number of hydrogen-bond donors (Lipinski definition) is 3. The number of hydrogen-bond acceptors (Lipinski definition) is 6. The van der Waals surface area contributed by atoms with E-state index < -0.39 is 0 Å². The average Bonchev–Trinajstić information content (AvgIpc) is 2.87. The highest BCUT2D eigenvalue weighted by atomic mass is 32.1. The van der Waals surface area contributed by atoms with Gasteiger partial charge in [0.05, 0.1) is 11.3 Å². The summed E-state index contributed by atoms with van der Waals surface area (Å²) in [6, 6.07) is 9.24. The molecule has 6 nitrogen and oxygen atoms in total. The smallest absolute Gasteiger partial charge is 0.267 e. The number of nitriles is 1. The first-order valence-electron chi connectivity index (χ1n) is 7.18. The lowest BCUT2D eigenvalue weighted by Gasteiger charge is -2.09. The van der Waals surface area contributed by atoms with Gasteiger partial charge in [-0.25, -0.2) is 4.98 Å². The van der Waals surface area contributed by atoms with Crippen molar-refractivity contribution in [1.29, 1.82) is 5.26 Å². The normalized spacial score (nSPS) is 10.5. The maximum Gasteiger partial charge on any atom is 0.267 e. The van der Waals surface area contributed by atoms with Gasteiger partial charge in [-0.1, -0.05) is 12.1 Å². The molecule has 3 rings (SSSR count). The topological polar surface area (TPSA) is 118 Å². The first-order valence-corrected chi connectivity index (χ1v) is 8.00. The average molecular weight is 337 g/mol. The van der Waals surface area contributed by atoms with Crippen molar-refractivity contribution < 1.29 is 4.79 Å². The molecule has 7 heteroatoms. The Balaban J connectivity index is 2.03. The molecule has 0 spiro atoms. The van der Waals surface area contributed by atoms with Crippen LogP contribution in [0.3, 0.4) is 0 Å². The zero-order valence-electron chi connectivity index (χ0n) is 13.2. The second kappa shape index (κ2) is 5.83. The molecular weight excluding hydrogens is 322 g/mol. The molecule has 0 radical (unpaired) electrons. The Morgan fingerprint density at radius 3 is 2.79 bits per heavy atom. The maximum absolute atomic E-state index is 12.6. The number of amides is 1. The highest BCUT2D eigenvalue weighted by Gasteiger charge is 2.19. The molecule has 0 unspecified atom stereocenters. The fraction of sp³-hybridized carbons (Fsp3) is 0.118. The van der Waals surface area contributed by atoms with Crippen molar-refractivity contribution in [1.82, 2.24) is 4.98 Å². The number of fused-ring (bicyclic) bond motifs is 1. The van der Waals surface area contributed by atoms with Gasteiger partial charge in [0.1, 0.15) is 21.6 Å². The molecule has 0 bridgehead atoms. The van der Waals surface area contributed by atoms with Gasteiger partial charge in [-0.15, -0.1) is 11.3 Å². The third-order valence-corrected chi connectivity index (χ3v) is 5.04. The molecule has 0 saturated carbocycles. The van der Waals surface area contributed by atoms with Crippen molar-refractivity contribution >= 4 is 44.7 Å². The number of benzene rings is 1. The predicted molar refractivity (Wildman–Crippen MR) is 97.0 cm³/mol. The minimum absolute atomic E-state index is 0.132. The molecule has 120 valence electrons. The minimum atomic E-state index is -0.304. The lowest BCUT2D eigenvalue weighted by Crippen LogP contribution is -2.13. The molecule has 0 aliphatic rings. The number of carbonyl (C=O) groups excluding carboxylic acids is 1. The van der Waals surface area contributed by atoms with E-state index in [0.717, 1.165) is 28.2 Å². The molecular formula is C17H15N5OS. The summed E-state index contributed by atoms with van der Waals surface area (Å²) >= 11 is 1.16. The summed E-state index contributed by atoms with van der Waals surface area (Å²) in [5.41, 5.74) is 15.2. The van der Waals surface area contributed by atoms with Crippen LogP contribution in [-0.4, -0.2) is 10.9 Å². The van der Waals surface area contributed by atoms with Crippen molar-refractivity contribution in [3.05, 3.63) is 45.8 Å². The van der Waals surface area contributed by atoms with Crippen molar-refractivity contribution in [2.45, 2.75) is 13.8 Å². The maximum atomic E-state index is 12.6. The number of aryl methyl sites for hydroxylation is 1. The zero-order chi connectivity index (χ0) is 17.4. The molecule has 0 saturated heterocycles. The Hall–Kier alpha value is -3.11. The summed E-state index contributed by atoms with van der Waals surface area (Å²) < 4.78 is 0. The van der Waals surface area contributed by atoms with Crippen molar-refractivity contribution in [2.24, 2.45) is 0 Å². The van der Waals surface area contributed by atoms with E-state index in [-0.39, 0.29) is 17.3 Å². The molecule has 0 aliphatic carbocycles. The number of thiophene rings is 1. The standard InChI is InChI=1S/C17H15N5OS/c1-8-4-3-5-12(9(8)2)21-16(23)14-13(19)11-6-10(7-18)15(20)22-17(11)24-14/h3-6H,19H2,1-2H3,(H2,20,22)(H,21,23). The molecule has 3 aromatic rings. The van der Waals surface area contributed by atoms with E-state index in [1.807, 2.05) is 38.1 Å². The molecule has 0 aliphatic heterocycles. The van der Waals surface area contributed by atoms with Crippen LogP contribution in [0.15, 0.2) is 24.3 Å². The number of carbonyl (C=O) groups is 1. The van der Waals surface area contributed by atoms with E-state index in [1.165, 1.54) is 0 Å². The molecule has 2 aromatic heterocycles. The van der Waals surface area contributed by atoms with Crippen molar-refractivity contribution in [2.75, 3.05) is 16.8 Å². The third kappa shape index (κ3) is 2.53. The van der Waals surface area contributed by atoms with E-state index in [0.29, 0.717) is 20.8 Å². The molecule has 0 atom stereocenters. The van der Waals surface area contributed by atoms with Crippen LogP contribution in [0, 0.1) is 25.2 Å². The quantitative estimate of drug-likeness (QED) is 0.663. The highest BCUT2D eigenvalue weighted by Crippen LogP contribution is 2.35. The molecule has 1 aromatic carbocycles. The van der Waals surface area contributed by atoms with Crippen LogP contribution >= 0.6 is 11.3 Å². The van der Waals surface area contributed by atoms with E-state index in [9.17, 15) is 4.79 Å². The summed E-state index contributed by atoms with van der Waals surface area (Å²) in [5.74, 6) is -0.172. The van der Waals surface area contributed by atoms with Gasteiger partial charge in [0.15, 0.2) is 0 Å². The van der Waals surface area contributed by atoms with Crippen LogP contribution in [-0.2, 0) is 0 Å². The first kappa shape index (κ1) is 15.8. The fourth-order valence-corrected chi connectivity index (χ4v) is 3.36. The fourth-order valence-electron chi connectivity index (χ4n) is 2.38. The van der Waals surface area contributed by atoms with E-state index in [1.54, 1.807) is 6.07 Å². The lowest BCUT2D eigenvalue weighted by atomic mass is 10.1. The highest BCUT2D eigenvalue weighted by molar-refractivity contribution is 7.21. The number of pyridine rings is 1. The Morgan fingerprint density at radius 1 is 1.33 bits per heavy atom. The van der Waals surface area contributed by atoms with E-state index >= 15 is 0 Å². The van der Waals surface area contributed by atoms with Gasteiger partial charge >= 0.3 is 0 Å². The lowest BCUT2D eigenvalue weighted by molar-refractivity contribution is 0.103. The van der Waals surface area contributed by atoms with Crippen molar-refractivity contribution in [3.63, 3.8) is 0 Å². The van der Waals surface area contributed by atoms with Crippen LogP contribution in [0.5, 0.6) is 0 Å². The monoisotopic (exact) mass is 337 g/mol. The third-order valence-electron chi connectivity index (χ3n) is 3.93. The number of nitrogen functional groups attached to an aromatic ring is 2. The van der Waals surface area contributed by atoms with Crippen LogP contribution in [0.4, 0.5) is 17.2 Å². The summed E-state index contributed by atoms with van der Waals surface area (Å²) in [4.78, 5) is 17.7. The van der Waals surface area contributed by atoms with Crippen LogP contribution in [0.1, 0.15) is 26.4 Å². The summed E-state index contributed by atoms with van der Waals surface area (Å²) in [5, 5.41) is 12.5. The molecule has 1 amide bonds. The van der Waals surface area contributed by atoms with Gasteiger partial charge < -0.3 is 16.8 Å². The second-order valence-corrected chi connectivity index (χ2v) is 6.43. The minimum Gasteiger partial charge on any atom is -0.397 e. The Morgan fingerprint density at radius 2 is 2.08 bits per heavy atom. The molecule has 24 heavy (non-hydrogen) atoms. The number of nitrogens with zero attached hydrogens (tertiary/aromatic N) is 2.